The number of likely N-dealkylation sites (tertiary alicyclic amines) is 1. The minimum atomic E-state index is -0.747. The molecule has 1 rings (SSSR count). The van der Waals surface area contributed by atoms with Crippen molar-refractivity contribution in [3.05, 3.63) is 0 Å². The molecule has 18 heavy (non-hydrogen) atoms. The van der Waals surface area contributed by atoms with Gasteiger partial charge in [0.25, 0.3) is 0 Å². The minimum Gasteiger partial charge on any atom is -0.481 e. The van der Waals surface area contributed by atoms with E-state index in [-0.39, 0.29) is 11.8 Å². The molecule has 0 aromatic carbocycles. The number of piperidine rings is 1. The Balaban J connectivity index is 0.00000137. The topological polar surface area (TPSA) is 57.6 Å². The van der Waals surface area contributed by atoms with Crippen molar-refractivity contribution in [1.29, 1.82) is 0 Å². The lowest BCUT2D eigenvalue weighted by atomic mass is 9.80. The SMILES string of the molecule is CC.CCC(C)C(=O)N1CCC(C)(C(=O)O)CC1. The number of carboxylic acid groups (broad SMARTS) is 1. The summed E-state index contributed by atoms with van der Waals surface area (Å²) in [6, 6.07) is 0. The zero-order chi connectivity index (χ0) is 14.3. The normalized spacial score (nSPS) is 19.5. The zero-order valence-corrected chi connectivity index (χ0v) is 12.3. The number of hydrogen-bond donors (Lipinski definition) is 1. The molecular formula is C14H27NO3. The molecule has 1 aliphatic rings. The van der Waals surface area contributed by atoms with Gasteiger partial charge in [0.15, 0.2) is 0 Å². The second-order valence-electron chi connectivity index (χ2n) is 5.00. The summed E-state index contributed by atoms with van der Waals surface area (Å²) in [5.74, 6) is -0.535. The quantitative estimate of drug-likeness (QED) is 0.845. The molecule has 106 valence electrons. The number of nitrogens with zero attached hydrogens (tertiary/aromatic N) is 1. The third kappa shape index (κ3) is 4.00. The Hall–Kier alpha value is -1.06. The third-order valence-electron chi connectivity index (χ3n) is 3.73. The lowest BCUT2D eigenvalue weighted by molar-refractivity contribution is -0.153. The number of carbonyl (C=O) groups is 2. The summed E-state index contributed by atoms with van der Waals surface area (Å²) >= 11 is 0. The van der Waals surface area contributed by atoms with Crippen LogP contribution in [0, 0.1) is 11.3 Å². The molecule has 1 atom stereocenters. The van der Waals surface area contributed by atoms with Crippen molar-refractivity contribution in [3.8, 4) is 0 Å². The van der Waals surface area contributed by atoms with Crippen molar-refractivity contribution in [2.45, 2.75) is 53.9 Å². The summed E-state index contributed by atoms with van der Waals surface area (Å²) in [5, 5.41) is 9.07. The van der Waals surface area contributed by atoms with E-state index in [1.807, 2.05) is 27.7 Å². The van der Waals surface area contributed by atoms with Gasteiger partial charge in [0.2, 0.25) is 5.91 Å². The van der Waals surface area contributed by atoms with Gasteiger partial charge in [0.1, 0.15) is 0 Å². The standard InChI is InChI=1S/C12H21NO3.C2H6/c1-4-9(2)10(14)13-7-5-12(3,6-8-13)11(15)16;1-2/h9H,4-8H2,1-3H3,(H,15,16);1-2H3. The first kappa shape index (κ1) is 16.9. The monoisotopic (exact) mass is 257 g/mol. The highest BCUT2D eigenvalue weighted by molar-refractivity contribution is 5.79. The molecule has 0 aromatic heterocycles. The summed E-state index contributed by atoms with van der Waals surface area (Å²) < 4.78 is 0. The second-order valence-corrected chi connectivity index (χ2v) is 5.00. The highest BCUT2D eigenvalue weighted by atomic mass is 16.4. The van der Waals surface area contributed by atoms with Crippen LogP contribution in [0.2, 0.25) is 0 Å². The Morgan fingerprint density at radius 2 is 1.72 bits per heavy atom. The van der Waals surface area contributed by atoms with Crippen molar-refractivity contribution in [2.24, 2.45) is 11.3 Å². The fourth-order valence-corrected chi connectivity index (χ4v) is 1.92. The highest BCUT2D eigenvalue weighted by Gasteiger charge is 2.38. The molecule has 0 bridgehead atoms. The molecule has 1 aliphatic heterocycles. The van der Waals surface area contributed by atoms with Gasteiger partial charge in [-0.1, -0.05) is 27.7 Å². The van der Waals surface area contributed by atoms with E-state index in [1.165, 1.54) is 0 Å². The zero-order valence-electron chi connectivity index (χ0n) is 12.3. The maximum Gasteiger partial charge on any atom is 0.309 e. The average molecular weight is 257 g/mol. The maximum atomic E-state index is 11.9. The first-order chi connectivity index (χ1) is 8.40. The molecule has 1 heterocycles. The number of carboxylic acids is 1. The fraction of sp³-hybridized carbons (Fsp3) is 0.857. The molecule has 0 spiro atoms. The van der Waals surface area contributed by atoms with Crippen molar-refractivity contribution in [3.63, 3.8) is 0 Å². The van der Waals surface area contributed by atoms with Gasteiger partial charge >= 0.3 is 5.97 Å². The van der Waals surface area contributed by atoms with Gasteiger partial charge in [-0.2, -0.15) is 0 Å². The third-order valence-corrected chi connectivity index (χ3v) is 3.73. The first-order valence-corrected chi connectivity index (χ1v) is 6.93. The van der Waals surface area contributed by atoms with Crippen LogP contribution in [-0.2, 0) is 9.59 Å². The van der Waals surface area contributed by atoms with Gasteiger partial charge in [0, 0.05) is 19.0 Å². The van der Waals surface area contributed by atoms with Crippen LogP contribution >= 0.6 is 0 Å². The fourth-order valence-electron chi connectivity index (χ4n) is 1.92. The summed E-state index contributed by atoms with van der Waals surface area (Å²) in [6.07, 6.45) is 1.96. The van der Waals surface area contributed by atoms with Crippen LogP contribution in [0.15, 0.2) is 0 Å². The van der Waals surface area contributed by atoms with E-state index in [0.29, 0.717) is 25.9 Å². The summed E-state index contributed by atoms with van der Waals surface area (Å²) in [6.45, 7) is 10.8. The molecule has 4 heteroatoms. The van der Waals surface area contributed by atoms with Gasteiger partial charge in [-0.15, -0.1) is 0 Å². The maximum absolute atomic E-state index is 11.9. The summed E-state index contributed by atoms with van der Waals surface area (Å²) in [7, 11) is 0. The Bertz CT molecular complexity index is 281. The molecule has 1 fully saturated rings. The van der Waals surface area contributed by atoms with E-state index in [0.717, 1.165) is 6.42 Å². The average Bonchev–Trinajstić information content (AvgIpc) is 2.40. The van der Waals surface area contributed by atoms with Crippen LogP contribution in [0.5, 0.6) is 0 Å². The predicted molar refractivity (Wildman–Crippen MR) is 72.4 cm³/mol. The highest BCUT2D eigenvalue weighted by Crippen LogP contribution is 2.31. The van der Waals surface area contributed by atoms with Gasteiger partial charge in [-0.3, -0.25) is 9.59 Å². The molecule has 1 amide bonds. The Morgan fingerprint density at radius 3 is 2.06 bits per heavy atom. The first-order valence-electron chi connectivity index (χ1n) is 6.93. The van der Waals surface area contributed by atoms with E-state index in [1.54, 1.807) is 11.8 Å². The second kappa shape index (κ2) is 7.39. The molecule has 1 saturated heterocycles. The lowest BCUT2D eigenvalue weighted by Gasteiger charge is -2.37. The molecule has 0 aliphatic carbocycles. The Morgan fingerprint density at radius 1 is 1.28 bits per heavy atom. The Labute approximate surface area is 110 Å². The summed E-state index contributed by atoms with van der Waals surface area (Å²) in [5.41, 5.74) is -0.647. The number of aliphatic carboxylic acids is 1. The molecule has 0 radical (unpaired) electrons. The van der Waals surface area contributed by atoms with Gasteiger partial charge < -0.3 is 10.0 Å². The van der Waals surface area contributed by atoms with Crippen molar-refractivity contribution in [1.82, 2.24) is 4.90 Å². The lowest BCUT2D eigenvalue weighted by Crippen LogP contribution is -2.46. The molecule has 0 saturated carbocycles. The van der Waals surface area contributed by atoms with Crippen LogP contribution in [0.25, 0.3) is 0 Å². The molecule has 1 unspecified atom stereocenters. The smallest absolute Gasteiger partial charge is 0.309 e. The van der Waals surface area contributed by atoms with E-state index >= 15 is 0 Å². The van der Waals surface area contributed by atoms with Crippen LogP contribution in [-0.4, -0.2) is 35.0 Å². The van der Waals surface area contributed by atoms with Gasteiger partial charge in [-0.05, 0) is 26.2 Å². The molecule has 1 N–H and O–H groups in total. The largest absolute Gasteiger partial charge is 0.481 e. The van der Waals surface area contributed by atoms with Crippen LogP contribution in [0.1, 0.15) is 53.9 Å². The number of amides is 1. The molecule has 4 nitrogen and oxygen atoms in total. The Kier molecular flexibility index (Phi) is 6.96. The van der Waals surface area contributed by atoms with Crippen molar-refractivity contribution in [2.75, 3.05) is 13.1 Å². The number of hydrogen-bond acceptors (Lipinski definition) is 2. The predicted octanol–water partition coefficient (Wildman–Crippen LogP) is 2.77. The van der Waals surface area contributed by atoms with Gasteiger partial charge in [-0.25, -0.2) is 0 Å². The van der Waals surface area contributed by atoms with E-state index in [4.69, 9.17) is 5.11 Å². The van der Waals surface area contributed by atoms with Crippen LogP contribution in [0.4, 0.5) is 0 Å². The van der Waals surface area contributed by atoms with Crippen molar-refractivity contribution >= 4 is 11.9 Å². The van der Waals surface area contributed by atoms with E-state index in [2.05, 4.69) is 0 Å². The number of carbonyl (C=O) groups excluding carboxylic acids is 1. The van der Waals surface area contributed by atoms with Crippen LogP contribution < -0.4 is 0 Å². The van der Waals surface area contributed by atoms with Gasteiger partial charge in [0.05, 0.1) is 5.41 Å². The van der Waals surface area contributed by atoms with Crippen LogP contribution in [0.3, 0.4) is 0 Å². The van der Waals surface area contributed by atoms with Crippen molar-refractivity contribution < 1.29 is 14.7 Å². The molecular weight excluding hydrogens is 230 g/mol. The van der Waals surface area contributed by atoms with E-state index < -0.39 is 11.4 Å². The summed E-state index contributed by atoms with van der Waals surface area (Å²) in [4.78, 5) is 24.7. The minimum absolute atomic E-state index is 0.0502. The van der Waals surface area contributed by atoms with E-state index in [9.17, 15) is 9.59 Å². The number of rotatable bonds is 3. The molecule has 0 aromatic rings.